The van der Waals surface area contributed by atoms with E-state index in [1.165, 1.54) is 0 Å². The van der Waals surface area contributed by atoms with Crippen LogP contribution >= 0.6 is 0 Å². The highest BCUT2D eigenvalue weighted by molar-refractivity contribution is 5.89. The molecule has 2 aliphatic rings. The summed E-state index contributed by atoms with van der Waals surface area (Å²) in [6, 6.07) is 18.9. The van der Waals surface area contributed by atoms with Crippen molar-refractivity contribution >= 4 is 11.9 Å². The van der Waals surface area contributed by atoms with Gasteiger partial charge in [-0.1, -0.05) is 48.5 Å². The molecule has 0 atom stereocenters. The molecule has 4 rings (SSSR count). The molecule has 2 aliphatic heterocycles. The molecule has 2 heterocycles. The van der Waals surface area contributed by atoms with Gasteiger partial charge in [0.05, 0.1) is 12.0 Å². The van der Waals surface area contributed by atoms with Gasteiger partial charge < -0.3 is 20.1 Å². The summed E-state index contributed by atoms with van der Waals surface area (Å²) < 4.78 is 11.4. The van der Waals surface area contributed by atoms with Crippen molar-refractivity contribution in [2.24, 2.45) is 0 Å². The molecule has 0 aromatic heterocycles. The van der Waals surface area contributed by atoms with Gasteiger partial charge in [0, 0.05) is 47.8 Å². The quantitative estimate of drug-likeness (QED) is 0.441. The van der Waals surface area contributed by atoms with E-state index in [0.717, 1.165) is 31.2 Å². The van der Waals surface area contributed by atoms with Crippen molar-refractivity contribution in [1.82, 2.24) is 10.6 Å². The van der Waals surface area contributed by atoms with Crippen LogP contribution in [0.5, 0.6) is 0 Å². The summed E-state index contributed by atoms with van der Waals surface area (Å²) in [5, 5.41) is 7.18. The fraction of sp³-hybridized carbons (Fsp3) is 0.576. The highest BCUT2D eigenvalue weighted by Gasteiger charge is 2.40. The lowest BCUT2D eigenvalue weighted by Crippen LogP contribution is -2.59. The van der Waals surface area contributed by atoms with E-state index in [9.17, 15) is 9.59 Å². The molecule has 0 radical (unpaired) electrons. The standard InChI is InChI=1S/C17H25NO2.C16H23NO2/c1-16(2)11-14(12-17(3,4)18-16)20-15(19)10-13-8-6-5-7-9-13;1-15(2)10-13(11-16(3,4)17-15)19-14(18)12-8-6-5-7-9-12/h5-9,14,18H,10-12H2,1-4H3;5-9,13,17H,10-11H2,1-4H3. The maximum Gasteiger partial charge on any atom is 0.338 e. The normalized spacial score (nSPS) is 21.6. The zero-order chi connectivity index (χ0) is 28.9. The van der Waals surface area contributed by atoms with Crippen LogP contribution in [-0.2, 0) is 20.7 Å². The van der Waals surface area contributed by atoms with Crippen molar-refractivity contribution in [2.45, 2.75) is 122 Å². The topological polar surface area (TPSA) is 76.7 Å². The summed E-state index contributed by atoms with van der Waals surface area (Å²) >= 11 is 0. The molecule has 214 valence electrons. The maximum atomic E-state index is 12.1. The summed E-state index contributed by atoms with van der Waals surface area (Å²) in [5.41, 5.74) is 1.60. The zero-order valence-corrected chi connectivity index (χ0v) is 25.1. The Morgan fingerprint density at radius 3 is 1.46 bits per heavy atom. The van der Waals surface area contributed by atoms with E-state index < -0.39 is 0 Å². The predicted molar refractivity (Wildman–Crippen MR) is 157 cm³/mol. The fourth-order valence-corrected chi connectivity index (χ4v) is 6.41. The largest absolute Gasteiger partial charge is 0.462 e. The van der Waals surface area contributed by atoms with Crippen molar-refractivity contribution in [3.8, 4) is 0 Å². The van der Waals surface area contributed by atoms with Crippen molar-refractivity contribution in [2.75, 3.05) is 0 Å². The van der Waals surface area contributed by atoms with Crippen LogP contribution in [0, 0.1) is 0 Å². The summed E-state index contributed by atoms with van der Waals surface area (Å²) in [6.07, 6.45) is 3.72. The van der Waals surface area contributed by atoms with Crippen LogP contribution in [0.15, 0.2) is 60.7 Å². The molecule has 2 N–H and O–H groups in total. The molecule has 6 heteroatoms. The zero-order valence-electron chi connectivity index (χ0n) is 25.1. The summed E-state index contributed by atoms with van der Waals surface area (Å²) in [5.74, 6) is -0.353. The number of ether oxygens (including phenoxy) is 2. The maximum absolute atomic E-state index is 12.1. The summed E-state index contributed by atoms with van der Waals surface area (Å²) in [6.45, 7) is 17.2. The van der Waals surface area contributed by atoms with Gasteiger partial charge in [-0.25, -0.2) is 4.79 Å². The number of rotatable bonds is 5. The van der Waals surface area contributed by atoms with Crippen LogP contribution in [0.3, 0.4) is 0 Å². The number of hydrogen-bond acceptors (Lipinski definition) is 6. The lowest BCUT2D eigenvalue weighted by atomic mass is 9.81. The van der Waals surface area contributed by atoms with Gasteiger partial charge in [0.15, 0.2) is 0 Å². The number of carbonyl (C=O) groups excluding carboxylic acids is 2. The molecule has 0 saturated carbocycles. The van der Waals surface area contributed by atoms with E-state index in [-0.39, 0.29) is 46.3 Å². The van der Waals surface area contributed by atoms with Gasteiger partial charge in [0.25, 0.3) is 0 Å². The molecule has 0 spiro atoms. The lowest BCUT2D eigenvalue weighted by molar-refractivity contribution is -0.152. The van der Waals surface area contributed by atoms with Crippen LogP contribution in [0.25, 0.3) is 0 Å². The van der Waals surface area contributed by atoms with Crippen molar-refractivity contribution in [3.05, 3.63) is 71.8 Å². The van der Waals surface area contributed by atoms with E-state index >= 15 is 0 Å². The second-order valence-corrected chi connectivity index (χ2v) is 13.8. The molecule has 2 aromatic rings. The monoisotopic (exact) mass is 536 g/mol. The van der Waals surface area contributed by atoms with Crippen molar-refractivity contribution in [3.63, 3.8) is 0 Å². The lowest BCUT2D eigenvalue weighted by Gasteiger charge is -2.45. The Bertz CT molecular complexity index is 1060. The van der Waals surface area contributed by atoms with Crippen LogP contribution in [0.2, 0.25) is 0 Å². The number of esters is 2. The first kappa shape index (κ1) is 30.8. The Balaban J connectivity index is 0.000000216. The Morgan fingerprint density at radius 1 is 0.641 bits per heavy atom. The third kappa shape index (κ3) is 10.4. The van der Waals surface area contributed by atoms with Gasteiger partial charge in [-0.15, -0.1) is 0 Å². The summed E-state index contributed by atoms with van der Waals surface area (Å²) in [4.78, 5) is 24.2. The highest BCUT2D eigenvalue weighted by Crippen LogP contribution is 2.31. The van der Waals surface area contributed by atoms with Crippen LogP contribution in [0.1, 0.15) is 97.0 Å². The third-order valence-electron chi connectivity index (χ3n) is 7.08. The number of carbonyl (C=O) groups is 2. The Morgan fingerprint density at radius 2 is 1.03 bits per heavy atom. The fourth-order valence-electron chi connectivity index (χ4n) is 6.41. The molecule has 0 bridgehead atoms. The minimum absolute atomic E-state index is 0.000552. The highest BCUT2D eigenvalue weighted by atomic mass is 16.5. The molecule has 0 aliphatic carbocycles. The molecule has 39 heavy (non-hydrogen) atoms. The molecule has 2 aromatic carbocycles. The van der Waals surface area contributed by atoms with E-state index in [0.29, 0.717) is 12.0 Å². The SMILES string of the molecule is CC1(C)CC(OC(=O)Cc2ccccc2)CC(C)(C)N1.CC1(C)CC(OC(=O)c2ccccc2)CC(C)(C)N1. The predicted octanol–water partition coefficient (Wildman–Crippen LogP) is 6.23. The first-order valence-corrected chi connectivity index (χ1v) is 14.1. The van der Waals surface area contributed by atoms with Gasteiger partial charge in [-0.3, -0.25) is 4.79 Å². The molecule has 2 saturated heterocycles. The second-order valence-electron chi connectivity index (χ2n) is 13.8. The van der Waals surface area contributed by atoms with E-state index in [1.54, 1.807) is 12.1 Å². The smallest absolute Gasteiger partial charge is 0.338 e. The second kappa shape index (κ2) is 12.2. The molecular weight excluding hydrogens is 488 g/mol. The third-order valence-corrected chi connectivity index (χ3v) is 7.08. The molecule has 2 fully saturated rings. The molecule has 6 nitrogen and oxygen atoms in total. The number of benzene rings is 2. The minimum atomic E-state index is -0.223. The molecular formula is C33H48N2O4. The number of nitrogens with one attached hydrogen (secondary N) is 2. The summed E-state index contributed by atoms with van der Waals surface area (Å²) in [7, 11) is 0. The Labute approximate surface area is 235 Å². The molecule has 0 amide bonds. The average Bonchev–Trinajstić information content (AvgIpc) is 2.76. The van der Waals surface area contributed by atoms with E-state index in [1.807, 2.05) is 48.5 Å². The van der Waals surface area contributed by atoms with E-state index in [4.69, 9.17) is 9.47 Å². The average molecular weight is 537 g/mol. The Hall–Kier alpha value is -2.70. The number of hydrogen-bond donors (Lipinski definition) is 2. The van der Waals surface area contributed by atoms with Crippen LogP contribution < -0.4 is 10.6 Å². The van der Waals surface area contributed by atoms with Gasteiger partial charge in [0.1, 0.15) is 12.2 Å². The van der Waals surface area contributed by atoms with Gasteiger partial charge >= 0.3 is 11.9 Å². The van der Waals surface area contributed by atoms with Gasteiger partial charge in [-0.05, 0) is 73.1 Å². The van der Waals surface area contributed by atoms with Gasteiger partial charge in [-0.2, -0.15) is 0 Å². The van der Waals surface area contributed by atoms with Gasteiger partial charge in [0.2, 0.25) is 0 Å². The number of piperidine rings is 2. The first-order chi connectivity index (χ1) is 18.0. The first-order valence-electron chi connectivity index (χ1n) is 14.1. The van der Waals surface area contributed by atoms with E-state index in [2.05, 4.69) is 66.0 Å². The Kier molecular flexibility index (Phi) is 9.66. The molecule has 0 unspecified atom stereocenters. The van der Waals surface area contributed by atoms with Crippen molar-refractivity contribution in [1.29, 1.82) is 0 Å². The van der Waals surface area contributed by atoms with Crippen LogP contribution in [-0.4, -0.2) is 46.3 Å². The van der Waals surface area contributed by atoms with Crippen molar-refractivity contribution < 1.29 is 19.1 Å². The van der Waals surface area contributed by atoms with Crippen LogP contribution in [0.4, 0.5) is 0 Å². The minimum Gasteiger partial charge on any atom is -0.462 e.